The van der Waals surface area contributed by atoms with Crippen molar-refractivity contribution in [2.75, 3.05) is 31.9 Å². The summed E-state index contributed by atoms with van der Waals surface area (Å²) in [6.07, 6.45) is 2.20. The van der Waals surface area contributed by atoms with Crippen LogP contribution in [0.5, 0.6) is 0 Å². The number of benzene rings is 1. The zero-order chi connectivity index (χ0) is 14.5. The monoisotopic (exact) mass is 279 g/mol. The predicted molar refractivity (Wildman–Crippen MR) is 78.0 cm³/mol. The number of piperidine rings is 1. The molecule has 1 heterocycles. The topological polar surface area (TPSA) is 58.4 Å². The van der Waals surface area contributed by atoms with Gasteiger partial charge in [0.25, 0.3) is 5.91 Å². The number of nitrogens with zero attached hydrogens (tertiary/aromatic N) is 1. The normalized spacial score (nSPS) is 17.1. The molecular formula is C15H22FN3O. The number of nitrogen functional groups attached to an aromatic ring is 1. The van der Waals surface area contributed by atoms with Crippen LogP contribution in [0.2, 0.25) is 0 Å². The van der Waals surface area contributed by atoms with Gasteiger partial charge in [0.15, 0.2) is 0 Å². The van der Waals surface area contributed by atoms with Crippen LogP contribution >= 0.6 is 0 Å². The number of nitrogens with one attached hydrogen (secondary N) is 1. The first-order valence-electron chi connectivity index (χ1n) is 7.15. The van der Waals surface area contributed by atoms with Gasteiger partial charge >= 0.3 is 0 Å². The molecule has 1 amide bonds. The first-order chi connectivity index (χ1) is 9.60. The predicted octanol–water partition coefficient (Wildman–Crippen LogP) is 1.87. The lowest BCUT2D eigenvalue weighted by atomic mass is 9.97. The Morgan fingerprint density at radius 2 is 2.15 bits per heavy atom. The molecule has 0 spiro atoms. The summed E-state index contributed by atoms with van der Waals surface area (Å²) in [6, 6.07) is 4.15. The van der Waals surface area contributed by atoms with Gasteiger partial charge in [-0.15, -0.1) is 0 Å². The van der Waals surface area contributed by atoms with Crippen LogP contribution in [0.15, 0.2) is 18.2 Å². The highest BCUT2D eigenvalue weighted by atomic mass is 19.1. The molecule has 1 aromatic carbocycles. The number of amides is 1. The third-order valence-corrected chi connectivity index (χ3v) is 3.97. The lowest BCUT2D eigenvalue weighted by Gasteiger charge is -2.31. The molecule has 0 unspecified atom stereocenters. The summed E-state index contributed by atoms with van der Waals surface area (Å²) in [5.74, 6) is -0.267. The van der Waals surface area contributed by atoms with E-state index in [9.17, 15) is 9.18 Å². The van der Waals surface area contributed by atoms with E-state index in [4.69, 9.17) is 5.73 Å². The fourth-order valence-corrected chi connectivity index (χ4v) is 2.51. The molecule has 0 saturated carbocycles. The second kappa shape index (κ2) is 6.70. The molecular weight excluding hydrogens is 257 g/mol. The van der Waals surface area contributed by atoms with E-state index in [-0.39, 0.29) is 11.6 Å². The first kappa shape index (κ1) is 14.8. The highest BCUT2D eigenvalue weighted by molar-refractivity contribution is 5.94. The Bertz CT molecular complexity index is 470. The number of halogens is 1. The van der Waals surface area contributed by atoms with Crippen molar-refractivity contribution in [3.63, 3.8) is 0 Å². The van der Waals surface area contributed by atoms with Gasteiger partial charge in [0.2, 0.25) is 0 Å². The van der Waals surface area contributed by atoms with E-state index < -0.39 is 5.82 Å². The van der Waals surface area contributed by atoms with Crippen molar-refractivity contribution >= 4 is 11.6 Å². The van der Waals surface area contributed by atoms with Crippen molar-refractivity contribution in [3.05, 3.63) is 29.6 Å². The van der Waals surface area contributed by atoms with Gasteiger partial charge in [-0.3, -0.25) is 4.79 Å². The van der Waals surface area contributed by atoms with Crippen LogP contribution in [0.25, 0.3) is 0 Å². The van der Waals surface area contributed by atoms with E-state index in [2.05, 4.69) is 17.1 Å². The summed E-state index contributed by atoms with van der Waals surface area (Å²) in [4.78, 5) is 14.4. The van der Waals surface area contributed by atoms with Crippen molar-refractivity contribution in [1.29, 1.82) is 0 Å². The average Bonchev–Trinajstić information content (AvgIpc) is 2.48. The number of nitrogens with two attached hydrogens (primary N) is 1. The Hall–Kier alpha value is -1.62. The largest absolute Gasteiger partial charge is 0.396 e. The highest BCUT2D eigenvalue weighted by Gasteiger charge is 2.18. The first-order valence-corrected chi connectivity index (χ1v) is 7.15. The molecule has 1 fully saturated rings. The molecule has 1 aliphatic rings. The maximum Gasteiger partial charge on any atom is 0.251 e. The highest BCUT2D eigenvalue weighted by Crippen LogP contribution is 2.16. The van der Waals surface area contributed by atoms with Gasteiger partial charge < -0.3 is 16.0 Å². The van der Waals surface area contributed by atoms with E-state index in [1.165, 1.54) is 12.1 Å². The van der Waals surface area contributed by atoms with Crippen molar-refractivity contribution < 1.29 is 9.18 Å². The number of carbonyl (C=O) groups is 1. The van der Waals surface area contributed by atoms with Gasteiger partial charge in [-0.1, -0.05) is 6.92 Å². The zero-order valence-corrected chi connectivity index (χ0v) is 11.9. The van der Waals surface area contributed by atoms with Crippen LogP contribution in [-0.2, 0) is 0 Å². The lowest BCUT2D eigenvalue weighted by molar-refractivity contribution is 0.0936. The van der Waals surface area contributed by atoms with Crippen molar-refractivity contribution in [2.24, 2.45) is 5.92 Å². The Kier molecular flexibility index (Phi) is 4.95. The summed E-state index contributed by atoms with van der Waals surface area (Å²) in [7, 11) is 0. The summed E-state index contributed by atoms with van der Waals surface area (Å²) in [6.45, 7) is 6.09. The van der Waals surface area contributed by atoms with Crippen LogP contribution in [0.3, 0.4) is 0 Å². The molecule has 0 atom stereocenters. The molecule has 20 heavy (non-hydrogen) atoms. The van der Waals surface area contributed by atoms with Gasteiger partial charge in [0, 0.05) is 12.1 Å². The van der Waals surface area contributed by atoms with E-state index in [0.717, 1.165) is 32.5 Å². The van der Waals surface area contributed by atoms with Gasteiger partial charge in [-0.25, -0.2) is 4.39 Å². The number of anilines is 1. The average molecular weight is 279 g/mol. The van der Waals surface area contributed by atoms with Crippen LogP contribution in [-0.4, -0.2) is 37.0 Å². The third kappa shape index (κ3) is 3.70. The number of carbonyl (C=O) groups excluding carboxylic acids is 1. The number of hydrogen-bond donors (Lipinski definition) is 2. The van der Waals surface area contributed by atoms with E-state index in [1.807, 2.05) is 0 Å². The minimum Gasteiger partial charge on any atom is -0.396 e. The van der Waals surface area contributed by atoms with Gasteiger partial charge in [0.05, 0.1) is 5.69 Å². The molecule has 1 aliphatic heterocycles. The molecule has 110 valence electrons. The van der Waals surface area contributed by atoms with Gasteiger partial charge in [-0.2, -0.15) is 0 Å². The lowest BCUT2D eigenvalue weighted by Crippen LogP contribution is -2.38. The number of likely N-dealkylation sites (tertiary alicyclic amines) is 1. The van der Waals surface area contributed by atoms with Crippen molar-refractivity contribution in [3.8, 4) is 0 Å². The third-order valence-electron chi connectivity index (χ3n) is 3.97. The van der Waals surface area contributed by atoms with Crippen LogP contribution < -0.4 is 11.1 Å². The fraction of sp³-hybridized carbons (Fsp3) is 0.533. The summed E-state index contributed by atoms with van der Waals surface area (Å²) >= 11 is 0. The molecule has 3 N–H and O–H groups in total. The summed E-state index contributed by atoms with van der Waals surface area (Å²) < 4.78 is 13.3. The van der Waals surface area contributed by atoms with Gasteiger partial charge in [-0.05, 0) is 56.6 Å². The molecule has 1 saturated heterocycles. The van der Waals surface area contributed by atoms with E-state index in [0.29, 0.717) is 18.0 Å². The number of rotatable bonds is 4. The summed E-state index contributed by atoms with van der Waals surface area (Å²) in [5, 5.41) is 2.88. The molecule has 0 radical (unpaired) electrons. The maximum atomic E-state index is 13.3. The maximum absolute atomic E-state index is 13.3. The Labute approximate surface area is 119 Å². The second-order valence-electron chi connectivity index (χ2n) is 5.32. The molecule has 0 bridgehead atoms. The fourth-order valence-electron chi connectivity index (χ4n) is 2.51. The van der Waals surface area contributed by atoms with Crippen LogP contribution in [0.4, 0.5) is 10.1 Å². The second-order valence-corrected chi connectivity index (χ2v) is 5.32. The number of hydrogen-bond acceptors (Lipinski definition) is 3. The SMILES string of the molecule is CCN1CCC(CNC(=O)c2ccc(N)c(F)c2)CC1. The molecule has 4 nitrogen and oxygen atoms in total. The van der Waals surface area contributed by atoms with E-state index in [1.54, 1.807) is 6.07 Å². The molecule has 1 aromatic rings. The van der Waals surface area contributed by atoms with E-state index >= 15 is 0 Å². The molecule has 0 aliphatic carbocycles. The Morgan fingerprint density at radius 3 is 2.75 bits per heavy atom. The van der Waals surface area contributed by atoms with Crippen LogP contribution in [0, 0.1) is 11.7 Å². The van der Waals surface area contributed by atoms with Crippen molar-refractivity contribution in [1.82, 2.24) is 10.2 Å². The Balaban J connectivity index is 1.82. The molecule has 0 aromatic heterocycles. The minimum absolute atomic E-state index is 0.0634. The molecule has 5 heteroatoms. The van der Waals surface area contributed by atoms with Crippen molar-refractivity contribution in [2.45, 2.75) is 19.8 Å². The zero-order valence-electron chi connectivity index (χ0n) is 11.9. The quantitative estimate of drug-likeness (QED) is 0.827. The minimum atomic E-state index is -0.547. The smallest absolute Gasteiger partial charge is 0.251 e. The Morgan fingerprint density at radius 1 is 1.45 bits per heavy atom. The van der Waals surface area contributed by atoms with Crippen LogP contribution in [0.1, 0.15) is 30.1 Å². The standard InChI is InChI=1S/C15H22FN3O/c1-2-19-7-5-11(6-8-19)10-18-15(20)12-3-4-14(17)13(16)9-12/h3-4,9,11H,2,5-8,10,17H2,1H3,(H,18,20). The molecule has 2 rings (SSSR count). The summed E-state index contributed by atoms with van der Waals surface area (Å²) in [5.41, 5.74) is 5.78. The van der Waals surface area contributed by atoms with Gasteiger partial charge in [0.1, 0.15) is 5.82 Å².